The molecule has 3 aromatic heterocycles. The molecule has 1 fully saturated rings. The minimum Gasteiger partial charge on any atom is -0.424 e. The summed E-state index contributed by atoms with van der Waals surface area (Å²) in [5, 5.41) is 10.0. The lowest BCUT2D eigenvalue weighted by Crippen LogP contribution is -2.45. The molecule has 0 aliphatic carbocycles. The summed E-state index contributed by atoms with van der Waals surface area (Å²) in [4.78, 5) is 42.4. The first-order valence-corrected chi connectivity index (χ1v) is 12.5. The molecule has 5 heterocycles. The first kappa shape index (κ1) is 22.4. The van der Waals surface area contributed by atoms with Crippen LogP contribution in [-0.4, -0.2) is 46.0 Å². The van der Waals surface area contributed by atoms with Gasteiger partial charge in [-0.2, -0.15) is 4.98 Å². The molecule has 1 aromatic carbocycles. The van der Waals surface area contributed by atoms with Crippen LogP contribution in [0.4, 0.5) is 21.9 Å². The summed E-state index contributed by atoms with van der Waals surface area (Å²) in [5.41, 5.74) is 2.19. The van der Waals surface area contributed by atoms with E-state index in [0.29, 0.717) is 38.2 Å². The van der Waals surface area contributed by atoms with Crippen molar-refractivity contribution in [1.82, 2.24) is 25.6 Å². The molecule has 1 atom stereocenters. The van der Waals surface area contributed by atoms with E-state index in [1.165, 1.54) is 16.2 Å². The third-order valence-corrected chi connectivity index (χ3v) is 7.31. The Kier molecular flexibility index (Phi) is 5.70. The number of para-hydroxylation sites is 1. The molecule has 182 valence electrons. The molecule has 0 radical (unpaired) electrons. The maximum absolute atomic E-state index is 13.4. The molecule has 10 nitrogen and oxygen atoms in total. The smallest absolute Gasteiger partial charge is 0.331 e. The first-order chi connectivity index (χ1) is 17.6. The maximum Gasteiger partial charge on any atom is 0.331 e. The number of aryl methyl sites for hydroxylation is 1. The Labute approximate surface area is 210 Å². The van der Waals surface area contributed by atoms with Crippen molar-refractivity contribution in [3.05, 3.63) is 59.4 Å². The number of ether oxygens (including phenoxy) is 1. The number of amides is 3. The van der Waals surface area contributed by atoms with E-state index >= 15 is 0 Å². The standard InChI is InChI=1S/C25H23N7O3S/c1-14-18(13-28-24(29-14)35-16-7-3-2-4-8-16)32-17-9-11-27-23-19(17)20(31-25(32)34)21(36-23)22(33)30-15-6-5-10-26-12-15/h2-4,7-9,11,13,15,26H,5-6,10,12H2,1H3,(H,30,33)(H,31,34)/t15-/m1/s1. The molecule has 2 aliphatic rings. The normalized spacial score (nSPS) is 17.1. The molecule has 0 unspecified atom stereocenters. The number of benzene rings is 1. The van der Waals surface area contributed by atoms with Gasteiger partial charge in [0.1, 0.15) is 15.5 Å². The summed E-state index contributed by atoms with van der Waals surface area (Å²) < 4.78 is 5.74. The molecule has 2 aliphatic heterocycles. The van der Waals surface area contributed by atoms with Crippen molar-refractivity contribution < 1.29 is 14.3 Å². The molecule has 36 heavy (non-hydrogen) atoms. The average molecular weight is 502 g/mol. The number of carbonyl (C=O) groups excluding carboxylic acids is 2. The molecule has 11 heteroatoms. The lowest BCUT2D eigenvalue weighted by atomic mass is 10.1. The second kappa shape index (κ2) is 9.17. The minimum absolute atomic E-state index is 0.0586. The zero-order valence-electron chi connectivity index (χ0n) is 19.4. The zero-order valence-corrected chi connectivity index (χ0v) is 20.3. The number of aromatic nitrogens is 3. The van der Waals surface area contributed by atoms with Crippen LogP contribution >= 0.6 is 11.3 Å². The van der Waals surface area contributed by atoms with E-state index in [1.54, 1.807) is 25.4 Å². The van der Waals surface area contributed by atoms with Crippen molar-refractivity contribution in [3.63, 3.8) is 0 Å². The van der Waals surface area contributed by atoms with Gasteiger partial charge in [-0.1, -0.05) is 18.2 Å². The third kappa shape index (κ3) is 4.01. The molecular formula is C25H23N7O3S. The Hall–Kier alpha value is -4.09. The van der Waals surface area contributed by atoms with Gasteiger partial charge in [0, 0.05) is 18.8 Å². The van der Waals surface area contributed by atoms with Gasteiger partial charge >= 0.3 is 12.0 Å². The SMILES string of the molecule is Cc1nc(Oc2ccccc2)ncc1N1C(=O)Nc2c(C(=O)N[C@@H]3CCCNC3)sc3nccc1c23. The van der Waals surface area contributed by atoms with Crippen LogP contribution in [0.1, 0.15) is 28.2 Å². The Morgan fingerprint density at radius 3 is 2.83 bits per heavy atom. The van der Waals surface area contributed by atoms with Crippen molar-refractivity contribution in [1.29, 1.82) is 0 Å². The highest BCUT2D eigenvalue weighted by atomic mass is 32.1. The molecule has 3 amide bonds. The summed E-state index contributed by atoms with van der Waals surface area (Å²) in [7, 11) is 0. The number of urea groups is 1. The molecule has 3 N–H and O–H groups in total. The fourth-order valence-corrected chi connectivity index (χ4v) is 5.53. The van der Waals surface area contributed by atoms with Gasteiger partial charge in [0.25, 0.3) is 5.91 Å². The second-order valence-corrected chi connectivity index (χ2v) is 9.64. The van der Waals surface area contributed by atoms with Gasteiger partial charge < -0.3 is 20.7 Å². The van der Waals surface area contributed by atoms with E-state index in [4.69, 9.17) is 4.74 Å². The third-order valence-electron chi connectivity index (χ3n) is 6.21. The number of hydrogen-bond donors (Lipinski definition) is 3. The molecule has 1 saturated heterocycles. The van der Waals surface area contributed by atoms with E-state index in [0.717, 1.165) is 31.3 Å². The van der Waals surface area contributed by atoms with E-state index in [-0.39, 0.29) is 18.0 Å². The van der Waals surface area contributed by atoms with Crippen molar-refractivity contribution in [2.45, 2.75) is 25.8 Å². The van der Waals surface area contributed by atoms with E-state index in [1.807, 2.05) is 30.3 Å². The van der Waals surface area contributed by atoms with Gasteiger partial charge in [-0.25, -0.2) is 14.8 Å². The lowest BCUT2D eigenvalue weighted by molar-refractivity contribution is 0.0935. The van der Waals surface area contributed by atoms with Gasteiger partial charge in [0.2, 0.25) is 0 Å². The summed E-state index contributed by atoms with van der Waals surface area (Å²) in [5.74, 6) is 0.414. The number of pyridine rings is 1. The highest BCUT2D eigenvalue weighted by Crippen LogP contribution is 2.46. The van der Waals surface area contributed by atoms with Crippen molar-refractivity contribution in [2.24, 2.45) is 0 Å². The van der Waals surface area contributed by atoms with Crippen LogP contribution in [-0.2, 0) is 0 Å². The highest BCUT2D eigenvalue weighted by molar-refractivity contribution is 7.21. The van der Waals surface area contributed by atoms with Crippen LogP contribution < -0.4 is 25.6 Å². The number of nitrogens with one attached hydrogen (secondary N) is 3. The van der Waals surface area contributed by atoms with Gasteiger partial charge in [-0.3, -0.25) is 9.69 Å². The maximum atomic E-state index is 13.4. The van der Waals surface area contributed by atoms with Crippen LogP contribution in [0.2, 0.25) is 0 Å². The number of anilines is 3. The van der Waals surface area contributed by atoms with E-state index < -0.39 is 6.03 Å². The zero-order chi connectivity index (χ0) is 24.6. The van der Waals surface area contributed by atoms with Crippen LogP contribution in [0.3, 0.4) is 0 Å². The predicted molar refractivity (Wildman–Crippen MR) is 137 cm³/mol. The number of piperidine rings is 1. The predicted octanol–water partition coefficient (Wildman–Crippen LogP) is 4.35. The Balaban J connectivity index is 1.34. The fraction of sp³-hybridized carbons (Fsp3) is 0.240. The molecule has 0 saturated carbocycles. The molecule has 6 rings (SSSR count). The highest BCUT2D eigenvalue weighted by Gasteiger charge is 2.34. The summed E-state index contributed by atoms with van der Waals surface area (Å²) >= 11 is 1.27. The van der Waals surface area contributed by atoms with Gasteiger partial charge in [0.15, 0.2) is 0 Å². The van der Waals surface area contributed by atoms with Crippen LogP contribution in [0.15, 0.2) is 48.8 Å². The fourth-order valence-electron chi connectivity index (χ4n) is 4.51. The summed E-state index contributed by atoms with van der Waals surface area (Å²) in [6.45, 7) is 3.49. The Morgan fingerprint density at radius 1 is 1.19 bits per heavy atom. The largest absolute Gasteiger partial charge is 0.424 e. The average Bonchev–Trinajstić information content (AvgIpc) is 3.26. The number of nitrogens with zero attached hydrogens (tertiary/aromatic N) is 4. The van der Waals surface area contributed by atoms with Crippen LogP contribution in [0.25, 0.3) is 10.2 Å². The van der Waals surface area contributed by atoms with E-state index in [9.17, 15) is 9.59 Å². The van der Waals surface area contributed by atoms with Crippen molar-refractivity contribution in [2.75, 3.05) is 23.3 Å². The van der Waals surface area contributed by atoms with Crippen molar-refractivity contribution in [3.8, 4) is 11.8 Å². The number of carbonyl (C=O) groups is 2. The monoisotopic (exact) mass is 501 g/mol. The summed E-state index contributed by atoms with van der Waals surface area (Å²) in [6, 6.07) is 10.9. The topological polar surface area (TPSA) is 121 Å². The minimum atomic E-state index is -0.398. The van der Waals surface area contributed by atoms with Crippen molar-refractivity contribution >= 4 is 50.6 Å². The van der Waals surface area contributed by atoms with Gasteiger partial charge in [-0.05, 0) is 44.5 Å². The molecule has 0 spiro atoms. The Bertz CT molecular complexity index is 1470. The van der Waals surface area contributed by atoms with Crippen LogP contribution in [0, 0.1) is 6.92 Å². The number of rotatable bonds is 5. The lowest BCUT2D eigenvalue weighted by Gasteiger charge is -2.29. The number of hydrogen-bond acceptors (Lipinski definition) is 8. The Morgan fingerprint density at radius 2 is 2.06 bits per heavy atom. The summed E-state index contributed by atoms with van der Waals surface area (Å²) in [6.07, 6.45) is 5.14. The van der Waals surface area contributed by atoms with Gasteiger partial charge in [0.05, 0.1) is 34.3 Å². The first-order valence-electron chi connectivity index (χ1n) is 11.7. The molecule has 4 aromatic rings. The van der Waals surface area contributed by atoms with Gasteiger partial charge in [-0.15, -0.1) is 11.3 Å². The molecule has 0 bridgehead atoms. The van der Waals surface area contributed by atoms with Crippen LogP contribution in [0.5, 0.6) is 11.8 Å². The van der Waals surface area contributed by atoms with E-state index in [2.05, 4.69) is 30.9 Å². The number of thiophene rings is 1. The molecular weight excluding hydrogens is 478 g/mol. The second-order valence-electron chi connectivity index (χ2n) is 8.64. The quantitative estimate of drug-likeness (QED) is 0.372.